The average Bonchev–Trinajstić information content (AvgIpc) is 2.60. The molecule has 0 spiro atoms. The molecule has 4 heteroatoms. The van der Waals surface area contributed by atoms with Crippen LogP contribution in [0.15, 0.2) is 42.2 Å². The van der Waals surface area contributed by atoms with Gasteiger partial charge in [-0.2, -0.15) is 0 Å². The summed E-state index contributed by atoms with van der Waals surface area (Å²) in [5, 5.41) is 10.8. The number of para-hydroxylation sites is 1. The quantitative estimate of drug-likeness (QED) is 0.781. The Hall–Kier alpha value is -1.52. The van der Waals surface area contributed by atoms with Gasteiger partial charge in [0.1, 0.15) is 5.82 Å². The molecular formula is C19H30N4. The summed E-state index contributed by atoms with van der Waals surface area (Å²) in [6.07, 6.45) is 7.48. The molecular weight excluding hydrogens is 284 g/mol. The highest BCUT2D eigenvalue weighted by Crippen LogP contribution is 2.17. The third-order valence-corrected chi connectivity index (χ3v) is 4.76. The minimum atomic E-state index is 0.539. The molecule has 0 aliphatic carbocycles. The highest BCUT2D eigenvalue weighted by molar-refractivity contribution is 5.47. The summed E-state index contributed by atoms with van der Waals surface area (Å²) in [5.41, 5.74) is 1.17. The molecule has 2 heterocycles. The fourth-order valence-corrected chi connectivity index (χ4v) is 3.46. The van der Waals surface area contributed by atoms with Gasteiger partial charge in [0.05, 0.1) is 0 Å². The van der Waals surface area contributed by atoms with Crippen LogP contribution in [0, 0.1) is 0 Å². The van der Waals surface area contributed by atoms with Crippen molar-refractivity contribution in [1.29, 1.82) is 0 Å². The number of benzene rings is 1. The molecule has 2 fully saturated rings. The van der Waals surface area contributed by atoms with Crippen molar-refractivity contribution < 1.29 is 0 Å². The molecule has 3 rings (SSSR count). The van der Waals surface area contributed by atoms with Crippen LogP contribution in [-0.4, -0.2) is 43.2 Å². The highest BCUT2D eigenvalue weighted by atomic mass is 15.3. The van der Waals surface area contributed by atoms with Crippen molar-refractivity contribution in [3.8, 4) is 0 Å². The average molecular weight is 314 g/mol. The fourth-order valence-electron chi connectivity index (χ4n) is 3.46. The lowest BCUT2D eigenvalue weighted by molar-refractivity contribution is 0.257. The van der Waals surface area contributed by atoms with Gasteiger partial charge in [-0.1, -0.05) is 24.6 Å². The first kappa shape index (κ1) is 16.3. The Kier molecular flexibility index (Phi) is 5.94. The number of rotatable bonds is 5. The van der Waals surface area contributed by atoms with E-state index in [4.69, 9.17) is 0 Å². The van der Waals surface area contributed by atoms with E-state index in [0.717, 1.165) is 26.1 Å². The molecule has 126 valence electrons. The van der Waals surface area contributed by atoms with Gasteiger partial charge in [-0.25, -0.2) is 0 Å². The molecule has 1 aromatic carbocycles. The van der Waals surface area contributed by atoms with Crippen LogP contribution >= 0.6 is 0 Å². The molecule has 3 N–H and O–H groups in total. The standard InChI is InChI=1S/C19H30N4/c1-16-15-23(14-13-20-16)19(22-18-8-3-2-4-9-18)11-10-17-7-5-6-12-21-17/h2-4,8-9,11,16-17,20-22H,5-7,10,12-15H2,1H3/b19-11-/t16-,17?/m0/s1. The maximum absolute atomic E-state index is 3.65. The maximum Gasteiger partial charge on any atom is 0.102 e. The topological polar surface area (TPSA) is 39.3 Å². The normalized spacial score (nSPS) is 26.1. The molecule has 0 aromatic heterocycles. The summed E-state index contributed by atoms with van der Waals surface area (Å²) in [6.45, 7) is 6.61. The Bertz CT molecular complexity index is 493. The van der Waals surface area contributed by atoms with Crippen molar-refractivity contribution >= 4 is 5.69 Å². The minimum absolute atomic E-state index is 0.539. The third kappa shape index (κ3) is 4.98. The first-order valence-corrected chi connectivity index (χ1v) is 9.05. The first-order chi connectivity index (χ1) is 11.3. The highest BCUT2D eigenvalue weighted by Gasteiger charge is 2.19. The second-order valence-electron chi connectivity index (χ2n) is 6.76. The number of nitrogens with zero attached hydrogens (tertiary/aromatic N) is 1. The predicted octanol–water partition coefficient (Wildman–Crippen LogP) is 2.77. The summed E-state index contributed by atoms with van der Waals surface area (Å²) in [7, 11) is 0. The van der Waals surface area contributed by atoms with Crippen LogP contribution < -0.4 is 16.0 Å². The molecule has 2 saturated heterocycles. The van der Waals surface area contributed by atoms with Gasteiger partial charge in [0.25, 0.3) is 0 Å². The van der Waals surface area contributed by atoms with Crippen molar-refractivity contribution in [3.63, 3.8) is 0 Å². The molecule has 2 aliphatic heterocycles. The molecule has 2 aliphatic rings. The summed E-state index contributed by atoms with van der Waals surface area (Å²) >= 11 is 0. The van der Waals surface area contributed by atoms with Crippen LogP contribution in [0.1, 0.15) is 32.6 Å². The SMILES string of the molecule is C[C@H]1CN(/C(=C\CC2CCCCN2)Nc2ccccc2)CCN1. The predicted molar refractivity (Wildman–Crippen MR) is 97.4 cm³/mol. The molecule has 1 aromatic rings. The molecule has 0 bridgehead atoms. The van der Waals surface area contributed by atoms with E-state index in [9.17, 15) is 0 Å². The third-order valence-electron chi connectivity index (χ3n) is 4.76. The summed E-state index contributed by atoms with van der Waals surface area (Å²) < 4.78 is 0. The first-order valence-electron chi connectivity index (χ1n) is 9.05. The largest absolute Gasteiger partial charge is 0.356 e. The van der Waals surface area contributed by atoms with Crippen LogP contribution in [0.5, 0.6) is 0 Å². The molecule has 23 heavy (non-hydrogen) atoms. The molecule has 0 amide bonds. The van der Waals surface area contributed by atoms with E-state index in [0.29, 0.717) is 12.1 Å². The van der Waals surface area contributed by atoms with Gasteiger partial charge >= 0.3 is 0 Å². The molecule has 4 nitrogen and oxygen atoms in total. The zero-order valence-electron chi connectivity index (χ0n) is 14.2. The van der Waals surface area contributed by atoms with Crippen molar-refractivity contribution in [2.75, 3.05) is 31.5 Å². The van der Waals surface area contributed by atoms with Gasteiger partial charge in [0, 0.05) is 37.4 Å². The fraction of sp³-hybridized carbons (Fsp3) is 0.579. The summed E-state index contributed by atoms with van der Waals surface area (Å²) in [5.74, 6) is 1.26. The number of anilines is 1. The number of nitrogens with one attached hydrogen (secondary N) is 3. The van der Waals surface area contributed by atoms with Crippen molar-refractivity contribution in [2.24, 2.45) is 0 Å². The smallest absolute Gasteiger partial charge is 0.102 e. The van der Waals surface area contributed by atoms with Gasteiger partial charge in [0.15, 0.2) is 0 Å². The van der Waals surface area contributed by atoms with E-state index in [1.165, 1.54) is 37.3 Å². The van der Waals surface area contributed by atoms with E-state index in [1.807, 2.05) is 0 Å². The van der Waals surface area contributed by atoms with Crippen LogP contribution in [0.3, 0.4) is 0 Å². The zero-order valence-corrected chi connectivity index (χ0v) is 14.2. The minimum Gasteiger partial charge on any atom is -0.356 e. The monoisotopic (exact) mass is 314 g/mol. The Morgan fingerprint density at radius 2 is 2.09 bits per heavy atom. The van der Waals surface area contributed by atoms with Crippen molar-refractivity contribution in [2.45, 2.75) is 44.7 Å². The van der Waals surface area contributed by atoms with Crippen LogP contribution in [0.2, 0.25) is 0 Å². The van der Waals surface area contributed by atoms with Gasteiger partial charge < -0.3 is 20.9 Å². The van der Waals surface area contributed by atoms with Crippen LogP contribution in [-0.2, 0) is 0 Å². The molecule has 1 unspecified atom stereocenters. The molecule has 0 saturated carbocycles. The Balaban J connectivity index is 1.69. The van der Waals surface area contributed by atoms with Crippen LogP contribution in [0.4, 0.5) is 5.69 Å². The Labute approximate surface area is 140 Å². The van der Waals surface area contributed by atoms with E-state index < -0.39 is 0 Å². The number of hydrogen-bond donors (Lipinski definition) is 3. The Morgan fingerprint density at radius 3 is 2.83 bits per heavy atom. The van der Waals surface area contributed by atoms with Gasteiger partial charge in [-0.05, 0) is 50.9 Å². The van der Waals surface area contributed by atoms with Crippen LogP contribution in [0.25, 0.3) is 0 Å². The maximum atomic E-state index is 3.65. The molecule has 2 atom stereocenters. The van der Waals surface area contributed by atoms with E-state index in [-0.39, 0.29) is 0 Å². The van der Waals surface area contributed by atoms with Crippen molar-refractivity contribution in [3.05, 3.63) is 42.2 Å². The van der Waals surface area contributed by atoms with E-state index in [2.05, 4.69) is 64.2 Å². The molecule has 0 radical (unpaired) electrons. The lowest BCUT2D eigenvalue weighted by Gasteiger charge is -2.36. The number of hydrogen-bond acceptors (Lipinski definition) is 4. The second-order valence-corrected chi connectivity index (χ2v) is 6.76. The van der Waals surface area contributed by atoms with E-state index in [1.54, 1.807) is 0 Å². The zero-order chi connectivity index (χ0) is 15.9. The lowest BCUT2D eigenvalue weighted by atomic mass is 10.0. The van der Waals surface area contributed by atoms with Gasteiger partial charge in [0.2, 0.25) is 0 Å². The summed E-state index contributed by atoms with van der Waals surface area (Å²) in [4.78, 5) is 2.48. The number of piperidine rings is 1. The van der Waals surface area contributed by atoms with E-state index >= 15 is 0 Å². The van der Waals surface area contributed by atoms with Crippen molar-refractivity contribution in [1.82, 2.24) is 15.5 Å². The Morgan fingerprint density at radius 1 is 1.22 bits per heavy atom. The van der Waals surface area contributed by atoms with Gasteiger partial charge in [-0.15, -0.1) is 0 Å². The van der Waals surface area contributed by atoms with Gasteiger partial charge in [-0.3, -0.25) is 0 Å². The summed E-state index contributed by atoms with van der Waals surface area (Å²) in [6, 6.07) is 11.7. The number of piperazine rings is 1. The lowest BCUT2D eigenvalue weighted by Crippen LogP contribution is -2.49. The second kappa shape index (κ2) is 8.37.